The molecule has 0 aliphatic rings. The quantitative estimate of drug-likeness (QED) is 0.922. The number of ether oxygens (including phenoxy) is 1. The van der Waals surface area contributed by atoms with Crippen LogP contribution in [0.1, 0.15) is 45.6 Å². The molecule has 1 atom stereocenters. The zero-order chi connectivity index (χ0) is 16.3. The molecule has 3 heteroatoms. The van der Waals surface area contributed by atoms with Gasteiger partial charge in [0.05, 0.1) is 13.2 Å². The van der Waals surface area contributed by atoms with Crippen molar-refractivity contribution in [2.75, 3.05) is 7.11 Å². The maximum absolute atomic E-state index is 12.4. The Hall–Kier alpha value is -2.29. The largest absolute Gasteiger partial charge is 0.496 e. The van der Waals surface area contributed by atoms with Crippen LogP contribution in [0.25, 0.3) is 0 Å². The molecule has 0 heterocycles. The van der Waals surface area contributed by atoms with Gasteiger partial charge < -0.3 is 10.1 Å². The highest BCUT2D eigenvalue weighted by molar-refractivity contribution is 5.94. The Bertz CT molecular complexity index is 692. The van der Waals surface area contributed by atoms with Crippen LogP contribution in [-0.4, -0.2) is 13.0 Å². The van der Waals surface area contributed by atoms with E-state index in [0.29, 0.717) is 5.56 Å². The number of benzene rings is 2. The van der Waals surface area contributed by atoms with Crippen LogP contribution in [0.3, 0.4) is 0 Å². The van der Waals surface area contributed by atoms with Crippen molar-refractivity contribution in [2.24, 2.45) is 0 Å². The zero-order valence-corrected chi connectivity index (χ0v) is 13.9. The summed E-state index contributed by atoms with van der Waals surface area (Å²) in [5.74, 6) is 0.720. The van der Waals surface area contributed by atoms with E-state index in [1.165, 1.54) is 11.1 Å². The van der Waals surface area contributed by atoms with Crippen molar-refractivity contribution in [1.29, 1.82) is 0 Å². The molecular weight excluding hydrogens is 274 g/mol. The van der Waals surface area contributed by atoms with E-state index in [4.69, 9.17) is 4.74 Å². The molecule has 0 spiro atoms. The highest BCUT2D eigenvalue weighted by Crippen LogP contribution is 2.21. The summed E-state index contributed by atoms with van der Waals surface area (Å²) >= 11 is 0. The van der Waals surface area contributed by atoms with Gasteiger partial charge in [-0.3, -0.25) is 4.79 Å². The van der Waals surface area contributed by atoms with Gasteiger partial charge in [0.25, 0.3) is 5.91 Å². The SMILES string of the molecule is COc1ccc(C(=O)NC(C)c2ccc(C)cc2C)cc1C. The summed E-state index contributed by atoms with van der Waals surface area (Å²) in [6, 6.07) is 11.7. The molecule has 0 saturated heterocycles. The molecular formula is C19H23NO2. The second-order valence-corrected chi connectivity index (χ2v) is 5.74. The van der Waals surface area contributed by atoms with Gasteiger partial charge in [-0.05, 0) is 62.6 Å². The molecule has 116 valence electrons. The molecule has 0 saturated carbocycles. The van der Waals surface area contributed by atoms with Crippen LogP contribution >= 0.6 is 0 Å². The molecule has 0 bridgehead atoms. The number of amides is 1. The zero-order valence-electron chi connectivity index (χ0n) is 13.9. The maximum atomic E-state index is 12.4. The molecule has 2 aromatic rings. The van der Waals surface area contributed by atoms with E-state index in [2.05, 4.69) is 37.4 Å². The molecule has 3 nitrogen and oxygen atoms in total. The fraction of sp³-hybridized carbons (Fsp3) is 0.316. The number of carbonyl (C=O) groups excluding carboxylic acids is 1. The lowest BCUT2D eigenvalue weighted by Crippen LogP contribution is -2.27. The fourth-order valence-corrected chi connectivity index (χ4v) is 2.69. The van der Waals surface area contributed by atoms with E-state index < -0.39 is 0 Å². The summed E-state index contributed by atoms with van der Waals surface area (Å²) in [5.41, 5.74) is 5.16. The minimum atomic E-state index is -0.0711. The van der Waals surface area contributed by atoms with Gasteiger partial charge in [0.2, 0.25) is 0 Å². The van der Waals surface area contributed by atoms with E-state index in [1.54, 1.807) is 13.2 Å². The Labute approximate surface area is 132 Å². The number of hydrogen-bond donors (Lipinski definition) is 1. The lowest BCUT2D eigenvalue weighted by molar-refractivity contribution is 0.0939. The lowest BCUT2D eigenvalue weighted by atomic mass is 10.00. The van der Waals surface area contributed by atoms with Gasteiger partial charge in [0.1, 0.15) is 5.75 Å². The first kappa shape index (κ1) is 16.1. The van der Waals surface area contributed by atoms with Crippen molar-refractivity contribution >= 4 is 5.91 Å². The van der Waals surface area contributed by atoms with Crippen molar-refractivity contribution in [3.8, 4) is 5.75 Å². The molecule has 0 aromatic heterocycles. The Morgan fingerprint density at radius 2 is 1.77 bits per heavy atom. The third kappa shape index (κ3) is 3.48. The molecule has 2 rings (SSSR count). The number of rotatable bonds is 4. The van der Waals surface area contributed by atoms with Gasteiger partial charge in [0.15, 0.2) is 0 Å². The van der Waals surface area contributed by atoms with Gasteiger partial charge in [-0.2, -0.15) is 0 Å². The van der Waals surface area contributed by atoms with Crippen LogP contribution in [0.4, 0.5) is 0 Å². The molecule has 0 fully saturated rings. The first-order valence-electron chi connectivity index (χ1n) is 7.45. The number of methoxy groups -OCH3 is 1. The first-order valence-corrected chi connectivity index (χ1v) is 7.45. The van der Waals surface area contributed by atoms with Gasteiger partial charge in [0, 0.05) is 5.56 Å². The van der Waals surface area contributed by atoms with E-state index in [0.717, 1.165) is 16.9 Å². The minimum absolute atomic E-state index is 0.0319. The summed E-state index contributed by atoms with van der Waals surface area (Å²) in [7, 11) is 1.63. The molecule has 1 unspecified atom stereocenters. The van der Waals surface area contributed by atoms with Gasteiger partial charge >= 0.3 is 0 Å². The normalized spacial score (nSPS) is 11.9. The summed E-state index contributed by atoms with van der Waals surface area (Å²) in [4.78, 5) is 12.4. The molecule has 22 heavy (non-hydrogen) atoms. The topological polar surface area (TPSA) is 38.3 Å². The summed E-state index contributed by atoms with van der Waals surface area (Å²) in [6.07, 6.45) is 0. The summed E-state index contributed by atoms with van der Waals surface area (Å²) in [6.45, 7) is 8.08. The van der Waals surface area contributed by atoms with Gasteiger partial charge in [-0.15, -0.1) is 0 Å². The highest BCUT2D eigenvalue weighted by atomic mass is 16.5. The third-order valence-corrected chi connectivity index (χ3v) is 3.90. The number of carbonyl (C=O) groups is 1. The number of hydrogen-bond acceptors (Lipinski definition) is 2. The Kier molecular flexibility index (Phi) is 4.86. The van der Waals surface area contributed by atoms with Crippen molar-refractivity contribution in [1.82, 2.24) is 5.32 Å². The van der Waals surface area contributed by atoms with Crippen molar-refractivity contribution in [3.63, 3.8) is 0 Å². The van der Waals surface area contributed by atoms with Gasteiger partial charge in [-0.25, -0.2) is 0 Å². The van der Waals surface area contributed by atoms with Crippen molar-refractivity contribution < 1.29 is 9.53 Å². The Balaban J connectivity index is 2.15. The third-order valence-electron chi connectivity index (χ3n) is 3.90. The van der Waals surface area contributed by atoms with E-state index >= 15 is 0 Å². The predicted octanol–water partition coefficient (Wildman–Crippen LogP) is 4.11. The lowest BCUT2D eigenvalue weighted by Gasteiger charge is -2.17. The van der Waals surface area contributed by atoms with E-state index in [1.807, 2.05) is 26.0 Å². The van der Waals surface area contributed by atoms with Crippen LogP contribution in [0.15, 0.2) is 36.4 Å². The summed E-state index contributed by atoms with van der Waals surface area (Å²) in [5, 5.41) is 3.06. The first-order chi connectivity index (χ1) is 10.4. The van der Waals surface area contributed by atoms with Crippen LogP contribution in [-0.2, 0) is 0 Å². The van der Waals surface area contributed by atoms with Crippen molar-refractivity contribution in [2.45, 2.75) is 33.7 Å². The molecule has 1 amide bonds. The standard InChI is InChI=1S/C19H23NO2/c1-12-6-8-17(13(2)10-12)15(4)20-19(21)16-7-9-18(22-5)14(3)11-16/h6-11,15H,1-5H3,(H,20,21). The van der Waals surface area contributed by atoms with Crippen LogP contribution in [0, 0.1) is 20.8 Å². The van der Waals surface area contributed by atoms with Crippen LogP contribution in [0.2, 0.25) is 0 Å². The Morgan fingerprint density at radius 1 is 1.05 bits per heavy atom. The second-order valence-electron chi connectivity index (χ2n) is 5.74. The monoisotopic (exact) mass is 297 g/mol. The fourth-order valence-electron chi connectivity index (χ4n) is 2.69. The van der Waals surface area contributed by atoms with Crippen molar-refractivity contribution in [3.05, 3.63) is 64.2 Å². The van der Waals surface area contributed by atoms with Crippen LogP contribution in [0.5, 0.6) is 5.75 Å². The number of aryl methyl sites for hydroxylation is 3. The second kappa shape index (κ2) is 6.65. The molecule has 0 radical (unpaired) electrons. The average Bonchev–Trinajstić information content (AvgIpc) is 2.46. The molecule has 1 N–H and O–H groups in total. The molecule has 0 aliphatic carbocycles. The minimum Gasteiger partial charge on any atom is -0.496 e. The predicted molar refractivity (Wildman–Crippen MR) is 89.5 cm³/mol. The molecule has 2 aromatic carbocycles. The van der Waals surface area contributed by atoms with E-state index in [9.17, 15) is 4.79 Å². The van der Waals surface area contributed by atoms with E-state index in [-0.39, 0.29) is 11.9 Å². The van der Waals surface area contributed by atoms with Crippen LogP contribution < -0.4 is 10.1 Å². The smallest absolute Gasteiger partial charge is 0.251 e. The molecule has 0 aliphatic heterocycles. The highest BCUT2D eigenvalue weighted by Gasteiger charge is 2.14. The average molecular weight is 297 g/mol. The number of nitrogens with one attached hydrogen (secondary N) is 1. The summed E-state index contributed by atoms with van der Waals surface area (Å²) < 4.78 is 5.23. The Morgan fingerprint density at radius 3 is 2.36 bits per heavy atom. The maximum Gasteiger partial charge on any atom is 0.251 e. The van der Waals surface area contributed by atoms with Gasteiger partial charge in [-0.1, -0.05) is 23.8 Å².